The van der Waals surface area contributed by atoms with Crippen LogP contribution in [-0.2, 0) is 4.79 Å². The number of hydrogen-bond acceptors (Lipinski definition) is 2. The predicted molar refractivity (Wildman–Crippen MR) is 53.3 cm³/mol. The number of carbonyl (C=O) groups is 1. The molecule has 74 valence electrons. The van der Waals surface area contributed by atoms with Gasteiger partial charge in [-0.3, -0.25) is 4.79 Å². The van der Waals surface area contributed by atoms with Gasteiger partial charge < -0.3 is 10.6 Å². The molecule has 2 N–H and O–H groups in total. The third kappa shape index (κ3) is 2.84. The molecule has 3 heteroatoms. The van der Waals surface area contributed by atoms with Gasteiger partial charge in [0, 0.05) is 12.5 Å². The minimum atomic E-state index is 0.145. The van der Waals surface area contributed by atoms with Crippen molar-refractivity contribution in [2.24, 2.45) is 11.8 Å². The Hall–Kier alpha value is -0.830. The van der Waals surface area contributed by atoms with Crippen molar-refractivity contribution in [3.05, 3.63) is 12.7 Å². The molecule has 1 aliphatic rings. The van der Waals surface area contributed by atoms with Gasteiger partial charge in [0.2, 0.25) is 5.91 Å². The van der Waals surface area contributed by atoms with Crippen LogP contribution < -0.4 is 10.6 Å². The zero-order valence-electron chi connectivity index (χ0n) is 8.18. The molecule has 0 bridgehead atoms. The zero-order valence-corrected chi connectivity index (χ0v) is 8.18. The minimum Gasteiger partial charge on any atom is -0.356 e. The van der Waals surface area contributed by atoms with Crippen molar-refractivity contribution in [2.45, 2.75) is 13.3 Å². The van der Waals surface area contributed by atoms with E-state index in [4.69, 9.17) is 0 Å². The number of hydrogen-bond donors (Lipinski definition) is 2. The van der Waals surface area contributed by atoms with Crippen molar-refractivity contribution in [1.82, 2.24) is 10.6 Å². The molecule has 0 spiro atoms. The lowest BCUT2D eigenvalue weighted by Crippen LogP contribution is -2.49. The second-order valence-corrected chi connectivity index (χ2v) is 3.58. The van der Waals surface area contributed by atoms with Crippen LogP contribution >= 0.6 is 0 Å². The van der Waals surface area contributed by atoms with Crippen LogP contribution in [0.2, 0.25) is 0 Å². The van der Waals surface area contributed by atoms with E-state index >= 15 is 0 Å². The van der Waals surface area contributed by atoms with Crippen LogP contribution in [0.3, 0.4) is 0 Å². The average molecular weight is 182 g/mol. The molecule has 1 aliphatic heterocycles. The molecule has 0 radical (unpaired) electrons. The van der Waals surface area contributed by atoms with E-state index in [1.165, 1.54) is 0 Å². The van der Waals surface area contributed by atoms with Crippen LogP contribution in [-0.4, -0.2) is 25.5 Å². The number of rotatable bonds is 5. The Kier molecular flexibility index (Phi) is 3.96. The van der Waals surface area contributed by atoms with E-state index in [2.05, 4.69) is 17.2 Å². The summed E-state index contributed by atoms with van der Waals surface area (Å²) in [5, 5.41) is 6.06. The zero-order chi connectivity index (χ0) is 9.68. The van der Waals surface area contributed by atoms with E-state index in [0.717, 1.165) is 19.5 Å². The molecule has 13 heavy (non-hydrogen) atoms. The summed E-state index contributed by atoms with van der Waals surface area (Å²) in [6.07, 6.45) is 2.66. The molecule has 0 aromatic carbocycles. The van der Waals surface area contributed by atoms with Gasteiger partial charge in [0.15, 0.2) is 0 Å². The molecule has 0 aromatic heterocycles. The van der Waals surface area contributed by atoms with Crippen LogP contribution in [0, 0.1) is 11.8 Å². The first-order chi connectivity index (χ1) is 6.25. The SMILES string of the molecule is C=CCCNC(=O)C(C)C1CNC1. The number of amides is 1. The second kappa shape index (κ2) is 5.02. The standard InChI is InChI=1S/C10H18N2O/c1-3-4-5-12-10(13)8(2)9-6-11-7-9/h3,8-9,11H,1,4-7H2,2H3,(H,12,13). The molecule has 3 nitrogen and oxygen atoms in total. The molecule has 1 amide bonds. The Morgan fingerprint density at radius 1 is 1.77 bits per heavy atom. The Labute approximate surface area is 79.6 Å². The highest BCUT2D eigenvalue weighted by Crippen LogP contribution is 2.15. The summed E-state index contributed by atoms with van der Waals surface area (Å²) >= 11 is 0. The highest BCUT2D eigenvalue weighted by molar-refractivity contribution is 5.78. The van der Waals surface area contributed by atoms with Gasteiger partial charge in [-0.05, 0) is 25.4 Å². The van der Waals surface area contributed by atoms with E-state index in [1.54, 1.807) is 0 Å². The lowest BCUT2D eigenvalue weighted by molar-refractivity contribution is -0.126. The van der Waals surface area contributed by atoms with Gasteiger partial charge in [0.25, 0.3) is 0 Å². The summed E-state index contributed by atoms with van der Waals surface area (Å²) in [6.45, 7) is 8.28. The van der Waals surface area contributed by atoms with Crippen LogP contribution in [0.15, 0.2) is 12.7 Å². The predicted octanol–water partition coefficient (Wildman–Crippen LogP) is 0.534. The fourth-order valence-corrected chi connectivity index (χ4v) is 1.34. The monoisotopic (exact) mass is 182 g/mol. The van der Waals surface area contributed by atoms with E-state index in [-0.39, 0.29) is 11.8 Å². The molecule has 1 atom stereocenters. The van der Waals surface area contributed by atoms with Gasteiger partial charge in [0.05, 0.1) is 0 Å². The molecule has 1 unspecified atom stereocenters. The van der Waals surface area contributed by atoms with E-state index in [0.29, 0.717) is 12.5 Å². The van der Waals surface area contributed by atoms with E-state index < -0.39 is 0 Å². The lowest BCUT2D eigenvalue weighted by Gasteiger charge is -2.31. The first-order valence-corrected chi connectivity index (χ1v) is 4.85. The fourth-order valence-electron chi connectivity index (χ4n) is 1.34. The molecule has 1 heterocycles. The average Bonchev–Trinajstić information content (AvgIpc) is 2.01. The Morgan fingerprint density at radius 3 is 2.92 bits per heavy atom. The first kappa shape index (κ1) is 10.3. The molecule has 0 saturated carbocycles. The molecule has 1 rings (SSSR count). The maximum absolute atomic E-state index is 11.5. The van der Waals surface area contributed by atoms with Crippen LogP contribution in [0.25, 0.3) is 0 Å². The van der Waals surface area contributed by atoms with Gasteiger partial charge >= 0.3 is 0 Å². The lowest BCUT2D eigenvalue weighted by atomic mass is 9.88. The second-order valence-electron chi connectivity index (χ2n) is 3.58. The highest BCUT2D eigenvalue weighted by Gasteiger charge is 2.28. The van der Waals surface area contributed by atoms with Gasteiger partial charge in [-0.2, -0.15) is 0 Å². The summed E-state index contributed by atoms with van der Waals surface area (Å²) in [4.78, 5) is 11.5. The molecular formula is C10H18N2O. The van der Waals surface area contributed by atoms with Crippen molar-refractivity contribution in [3.8, 4) is 0 Å². The normalized spacial score (nSPS) is 18.8. The number of carbonyl (C=O) groups excluding carboxylic acids is 1. The van der Waals surface area contributed by atoms with E-state index in [1.807, 2.05) is 13.0 Å². The Bertz CT molecular complexity index is 187. The summed E-state index contributed by atoms with van der Waals surface area (Å²) in [5.74, 6) is 0.850. The van der Waals surface area contributed by atoms with Gasteiger partial charge in [-0.1, -0.05) is 13.0 Å². The third-order valence-electron chi connectivity index (χ3n) is 2.58. The van der Waals surface area contributed by atoms with Crippen molar-refractivity contribution < 1.29 is 4.79 Å². The molecule has 1 fully saturated rings. The highest BCUT2D eigenvalue weighted by atomic mass is 16.1. The van der Waals surface area contributed by atoms with Gasteiger partial charge in [-0.15, -0.1) is 6.58 Å². The quantitative estimate of drug-likeness (QED) is 0.481. The Morgan fingerprint density at radius 2 is 2.46 bits per heavy atom. The van der Waals surface area contributed by atoms with Crippen molar-refractivity contribution >= 4 is 5.91 Å². The molecule has 0 aromatic rings. The number of nitrogens with one attached hydrogen (secondary N) is 2. The summed E-state index contributed by atoms with van der Waals surface area (Å²) < 4.78 is 0. The minimum absolute atomic E-state index is 0.145. The molecular weight excluding hydrogens is 164 g/mol. The van der Waals surface area contributed by atoms with Crippen molar-refractivity contribution in [3.63, 3.8) is 0 Å². The first-order valence-electron chi connectivity index (χ1n) is 4.85. The topological polar surface area (TPSA) is 41.1 Å². The largest absolute Gasteiger partial charge is 0.356 e. The maximum Gasteiger partial charge on any atom is 0.223 e. The molecule has 1 saturated heterocycles. The summed E-state index contributed by atoms with van der Waals surface area (Å²) in [7, 11) is 0. The third-order valence-corrected chi connectivity index (χ3v) is 2.58. The van der Waals surface area contributed by atoms with Crippen molar-refractivity contribution in [1.29, 1.82) is 0 Å². The van der Waals surface area contributed by atoms with Crippen LogP contribution in [0.4, 0.5) is 0 Å². The van der Waals surface area contributed by atoms with E-state index in [9.17, 15) is 4.79 Å². The van der Waals surface area contributed by atoms with Crippen LogP contribution in [0.5, 0.6) is 0 Å². The maximum atomic E-state index is 11.5. The summed E-state index contributed by atoms with van der Waals surface area (Å²) in [6, 6.07) is 0. The Balaban J connectivity index is 2.17. The van der Waals surface area contributed by atoms with Crippen LogP contribution in [0.1, 0.15) is 13.3 Å². The van der Waals surface area contributed by atoms with Gasteiger partial charge in [0.1, 0.15) is 0 Å². The summed E-state index contributed by atoms with van der Waals surface area (Å²) in [5.41, 5.74) is 0. The van der Waals surface area contributed by atoms with Gasteiger partial charge in [-0.25, -0.2) is 0 Å². The molecule has 0 aliphatic carbocycles. The van der Waals surface area contributed by atoms with Crippen molar-refractivity contribution in [2.75, 3.05) is 19.6 Å². The smallest absolute Gasteiger partial charge is 0.223 e. The fraction of sp³-hybridized carbons (Fsp3) is 0.700.